The Labute approximate surface area is 256 Å². The Hall–Kier alpha value is -1.68. The molecule has 200 valence electrons. The predicted octanol–water partition coefficient (Wildman–Crippen LogP) is 10.4. The SMILES string of the molecule is CC(=O)SCc1ccccc1Sc1ccc(SCSc2ccc(Sc3ccccc3CSC(C)=O)cc2)cc1. The molecule has 0 fully saturated rings. The van der Waals surface area contributed by atoms with Gasteiger partial charge in [-0.2, -0.15) is 0 Å². The van der Waals surface area contributed by atoms with Gasteiger partial charge in [0.2, 0.25) is 0 Å². The van der Waals surface area contributed by atoms with E-state index in [0.717, 1.165) is 5.08 Å². The van der Waals surface area contributed by atoms with Crippen LogP contribution in [0.2, 0.25) is 0 Å². The van der Waals surface area contributed by atoms with E-state index in [1.54, 1.807) is 37.4 Å². The smallest absolute Gasteiger partial charge is 0.186 e. The van der Waals surface area contributed by atoms with Gasteiger partial charge in [0.15, 0.2) is 10.2 Å². The molecule has 0 aliphatic carbocycles. The van der Waals surface area contributed by atoms with E-state index in [0.29, 0.717) is 11.5 Å². The van der Waals surface area contributed by atoms with Crippen LogP contribution in [0.25, 0.3) is 0 Å². The number of hydrogen-bond donors (Lipinski definition) is 0. The summed E-state index contributed by atoms with van der Waals surface area (Å²) in [7, 11) is 0. The van der Waals surface area contributed by atoms with Gasteiger partial charge in [-0.25, -0.2) is 0 Å². The molecular formula is C31H28O2S6. The van der Waals surface area contributed by atoms with Crippen LogP contribution in [-0.4, -0.2) is 15.3 Å². The molecule has 0 saturated carbocycles. The standard InChI is InChI=1S/C31H28O2S6/c1-22(32)34-19-24-7-3-5-9-30(24)38-28-15-11-26(12-16-28)36-21-37-27-13-17-29(18-14-27)39-31-10-6-4-8-25(31)20-35-23(2)33/h3-18H,19-21H2,1-2H3. The van der Waals surface area contributed by atoms with Crippen molar-refractivity contribution in [2.75, 3.05) is 5.08 Å². The van der Waals surface area contributed by atoms with E-state index in [4.69, 9.17) is 0 Å². The van der Waals surface area contributed by atoms with E-state index in [1.165, 1.54) is 64.0 Å². The number of thioether (sulfide) groups is 4. The van der Waals surface area contributed by atoms with Crippen molar-refractivity contribution >= 4 is 80.8 Å². The molecule has 0 unspecified atom stereocenters. The van der Waals surface area contributed by atoms with Gasteiger partial charge in [-0.05, 0) is 71.8 Å². The number of benzene rings is 4. The van der Waals surface area contributed by atoms with E-state index in [-0.39, 0.29) is 10.2 Å². The van der Waals surface area contributed by atoms with Crippen LogP contribution in [0.5, 0.6) is 0 Å². The summed E-state index contributed by atoms with van der Waals surface area (Å²) in [5.41, 5.74) is 2.39. The second kappa shape index (κ2) is 15.9. The Kier molecular flexibility index (Phi) is 12.4. The van der Waals surface area contributed by atoms with E-state index >= 15 is 0 Å². The second-order valence-corrected chi connectivity index (χ2v) is 15.3. The van der Waals surface area contributed by atoms with Gasteiger partial charge >= 0.3 is 0 Å². The maximum atomic E-state index is 11.4. The first-order valence-corrected chi connectivity index (χ1v) is 17.8. The summed E-state index contributed by atoms with van der Waals surface area (Å²) in [6.45, 7) is 3.23. The molecule has 0 heterocycles. The van der Waals surface area contributed by atoms with Crippen LogP contribution in [0.1, 0.15) is 25.0 Å². The molecule has 0 amide bonds. The van der Waals surface area contributed by atoms with Crippen LogP contribution in [0.15, 0.2) is 126 Å². The molecule has 4 rings (SSSR count). The Bertz CT molecular complexity index is 1280. The third-order valence-electron chi connectivity index (χ3n) is 5.36. The average molecular weight is 625 g/mol. The lowest BCUT2D eigenvalue weighted by molar-refractivity contribution is -0.109. The maximum absolute atomic E-state index is 11.4. The Morgan fingerprint density at radius 2 is 0.872 bits per heavy atom. The summed E-state index contributed by atoms with van der Waals surface area (Å²) < 4.78 is 0. The molecule has 2 nitrogen and oxygen atoms in total. The fourth-order valence-corrected chi connectivity index (χ4v) is 8.70. The third kappa shape index (κ3) is 10.3. The van der Waals surface area contributed by atoms with Gasteiger partial charge in [-0.1, -0.05) is 83.4 Å². The van der Waals surface area contributed by atoms with Crippen LogP contribution >= 0.6 is 70.6 Å². The Balaban J connectivity index is 1.26. The number of hydrogen-bond acceptors (Lipinski definition) is 8. The van der Waals surface area contributed by atoms with Crippen molar-refractivity contribution < 1.29 is 9.59 Å². The fourth-order valence-electron chi connectivity index (χ4n) is 3.43. The maximum Gasteiger partial charge on any atom is 0.186 e. The number of rotatable bonds is 12. The van der Waals surface area contributed by atoms with Crippen molar-refractivity contribution in [1.82, 2.24) is 0 Å². The first-order chi connectivity index (χ1) is 19.0. The fraction of sp³-hybridized carbons (Fsp3) is 0.161. The zero-order valence-electron chi connectivity index (χ0n) is 21.6. The van der Waals surface area contributed by atoms with E-state index in [2.05, 4.69) is 72.8 Å². The summed E-state index contributed by atoms with van der Waals surface area (Å²) in [6, 6.07) is 34.0. The van der Waals surface area contributed by atoms with Crippen molar-refractivity contribution in [2.45, 2.75) is 54.7 Å². The zero-order chi connectivity index (χ0) is 27.5. The molecule has 0 radical (unpaired) electrons. The molecule has 0 aromatic heterocycles. The molecule has 0 saturated heterocycles. The van der Waals surface area contributed by atoms with Crippen LogP contribution in [0, 0.1) is 0 Å². The first-order valence-electron chi connectivity index (χ1n) is 12.2. The third-order valence-corrected chi connectivity index (χ3v) is 11.5. The van der Waals surface area contributed by atoms with E-state index < -0.39 is 0 Å². The monoisotopic (exact) mass is 624 g/mol. The Morgan fingerprint density at radius 3 is 1.26 bits per heavy atom. The zero-order valence-corrected chi connectivity index (χ0v) is 26.5. The average Bonchev–Trinajstić information content (AvgIpc) is 2.94. The minimum atomic E-state index is 0.145. The summed E-state index contributed by atoms with van der Waals surface area (Å²) >= 11 is 9.87. The lowest BCUT2D eigenvalue weighted by atomic mass is 10.2. The molecule has 0 aliphatic rings. The first kappa shape index (κ1) is 30.3. The Morgan fingerprint density at radius 1 is 0.513 bits per heavy atom. The highest BCUT2D eigenvalue weighted by molar-refractivity contribution is 8.16. The summed E-state index contributed by atoms with van der Waals surface area (Å²) in [5, 5.41) is 1.23. The van der Waals surface area contributed by atoms with Gasteiger partial charge < -0.3 is 0 Å². The molecule has 39 heavy (non-hydrogen) atoms. The van der Waals surface area contributed by atoms with Crippen LogP contribution in [0.3, 0.4) is 0 Å². The summed E-state index contributed by atoms with van der Waals surface area (Å²) in [5.74, 6) is 1.41. The molecule has 0 spiro atoms. The molecule has 0 atom stereocenters. The summed E-state index contributed by atoms with van der Waals surface area (Å²) in [4.78, 5) is 30.0. The van der Waals surface area contributed by atoms with Gasteiger partial charge in [0.25, 0.3) is 0 Å². The minimum absolute atomic E-state index is 0.145. The van der Waals surface area contributed by atoms with Crippen molar-refractivity contribution in [3.63, 3.8) is 0 Å². The van der Waals surface area contributed by atoms with Gasteiger partial charge in [0.1, 0.15) is 0 Å². The molecule has 4 aromatic carbocycles. The molecule has 4 aromatic rings. The molecule has 0 aliphatic heterocycles. The van der Waals surface area contributed by atoms with Crippen molar-refractivity contribution in [2.24, 2.45) is 0 Å². The van der Waals surface area contributed by atoms with Gasteiger partial charge in [0, 0.05) is 59.8 Å². The van der Waals surface area contributed by atoms with E-state index in [1.807, 2.05) is 47.8 Å². The molecular weight excluding hydrogens is 597 g/mol. The quantitative estimate of drug-likeness (QED) is 0.114. The van der Waals surface area contributed by atoms with Crippen LogP contribution < -0.4 is 0 Å². The van der Waals surface area contributed by atoms with Crippen LogP contribution in [0.4, 0.5) is 0 Å². The normalized spacial score (nSPS) is 10.9. The van der Waals surface area contributed by atoms with Crippen molar-refractivity contribution in [3.05, 3.63) is 108 Å². The highest BCUT2D eigenvalue weighted by atomic mass is 32.2. The summed E-state index contributed by atoms with van der Waals surface area (Å²) in [6.07, 6.45) is 0. The minimum Gasteiger partial charge on any atom is -0.288 e. The molecule has 0 bridgehead atoms. The second-order valence-electron chi connectivity index (χ2n) is 8.33. The highest BCUT2D eigenvalue weighted by Gasteiger charge is 2.08. The number of carbonyl (C=O) groups is 2. The lowest BCUT2D eigenvalue weighted by Gasteiger charge is -2.09. The number of carbonyl (C=O) groups excluding carboxylic acids is 2. The van der Waals surface area contributed by atoms with Gasteiger partial charge in [-0.15, -0.1) is 23.5 Å². The lowest BCUT2D eigenvalue weighted by Crippen LogP contribution is -1.88. The topological polar surface area (TPSA) is 34.1 Å². The largest absolute Gasteiger partial charge is 0.288 e. The van der Waals surface area contributed by atoms with Crippen LogP contribution in [-0.2, 0) is 21.1 Å². The molecule has 8 heteroatoms. The predicted molar refractivity (Wildman–Crippen MR) is 175 cm³/mol. The van der Waals surface area contributed by atoms with Crippen molar-refractivity contribution in [1.29, 1.82) is 0 Å². The van der Waals surface area contributed by atoms with Crippen molar-refractivity contribution in [3.8, 4) is 0 Å². The molecule has 0 N–H and O–H groups in total. The van der Waals surface area contributed by atoms with Gasteiger partial charge in [-0.3, -0.25) is 9.59 Å². The van der Waals surface area contributed by atoms with Gasteiger partial charge in [0.05, 0.1) is 0 Å². The highest BCUT2D eigenvalue weighted by Crippen LogP contribution is 2.36. The van der Waals surface area contributed by atoms with E-state index in [9.17, 15) is 9.59 Å².